The van der Waals surface area contributed by atoms with Crippen LogP contribution in [0.25, 0.3) is 0 Å². The van der Waals surface area contributed by atoms with E-state index in [-0.39, 0.29) is 12.0 Å². The van der Waals surface area contributed by atoms with E-state index < -0.39 is 0 Å². The van der Waals surface area contributed by atoms with Crippen LogP contribution in [0.4, 0.5) is 0 Å². The standard InChI is InChI=1S/C17H19Cl2N3O2/c18-14-5-4-13(11-15(14)19)16-12-21(9-10-24-16)17(23)3-1-7-22-8-2-6-20-22/h2,4-6,8,11,16H,1,3,7,9-10,12H2. The van der Waals surface area contributed by atoms with Gasteiger partial charge in [0.15, 0.2) is 0 Å². The Morgan fingerprint density at radius 3 is 2.96 bits per heavy atom. The normalized spacial score (nSPS) is 17.9. The summed E-state index contributed by atoms with van der Waals surface area (Å²) in [6.45, 7) is 2.44. The van der Waals surface area contributed by atoms with Crippen molar-refractivity contribution in [1.82, 2.24) is 14.7 Å². The fourth-order valence-corrected chi connectivity index (χ4v) is 3.08. The van der Waals surface area contributed by atoms with Gasteiger partial charge in [-0.15, -0.1) is 0 Å². The van der Waals surface area contributed by atoms with Crippen LogP contribution in [-0.2, 0) is 16.1 Å². The van der Waals surface area contributed by atoms with Gasteiger partial charge in [-0.25, -0.2) is 0 Å². The van der Waals surface area contributed by atoms with Crippen molar-refractivity contribution in [3.05, 3.63) is 52.3 Å². The molecule has 24 heavy (non-hydrogen) atoms. The number of carbonyl (C=O) groups is 1. The summed E-state index contributed by atoms with van der Waals surface area (Å²) in [5.41, 5.74) is 0.943. The fourth-order valence-electron chi connectivity index (χ4n) is 2.77. The average molecular weight is 368 g/mol. The Morgan fingerprint density at radius 2 is 2.21 bits per heavy atom. The predicted octanol–water partition coefficient (Wildman–Crippen LogP) is 3.57. The number of hydrogen-bond acceptors (Lipinski definition) is 3. The van der Waals surface area contributed by atoms with E-state index in [1.807, 2.05) is 27.9 Å². The van der Waals surface area contributed by atoms with E-state index in [0.29, 0.717) is 36.2 Å². The van der Waals surface area contributed by atoms with E-state index in [0.717, 1.165) is 18.5 Å². The van der Waals surface area contributed by atoms with E-state index >= 15 is 0 Å². The molecule has 0 saturated carbocycles. The molecule has 0 bridgehead atoms. The quantitative estimate of drug-likeness (QED) is 0.811. The maximum atomic E-state index is 12.4. The molecule has 0 aliphatic carbocycles. The number of benzene rings is 1. The van der Waals surface area contributed by atoms with Gasteiger partial charge in [0.25, 0.3) is 0 Å². The number of amides is 1. The van der Waals surface area contributed by atoms with Crippen molar-refractivity contribution < 1.29 is 9.53 Å². The van der Waals surface area contributed by atoms with E-state index in [2.05, 4.69) is 5.10 Å². The zero-order chi connectivity index (χ0) is 16.9. The highest BCUT2D eigenvalue weighted by Gasteiger charge is 2.25. The number of aryl methyl sites for hydroxylation is 1. The fraction of sp³-hybridized carbons (Fsp3) is 0.412. The van der Waals surface area contributed by atoms with Gasteiger partial charge in [0.1, 0.15) is 6.10 Å². The highest BCUT2D eigenvalue weighted by atomic mass is 35.5. The molecule has 0 radical (unpaired) electrons. The van der Waals surface area contributed by atoms with E-state index in [1.54, 1.807) is 18.3 Å². The molecule has 3 rings (SSSR count). The second-order valence-corrected chi connectivity index (χ2v) is 6.56. The lowest BCUT2D eigenvalue weighted by Crippen LogP contribution is -2.42. The lowest BCUT2D eigenvalue weighted by Gasteiger charge is -2.33. The molecule has 2 aromatic rings. The first kappa shape index (κ1) is 17.3. The number of carbonyl (C=O) groups excluding carboxylic acids is 1. The van der Waals surface area contributed by atoms with Gasteiger partial charge in [-0.05, 0) is 30.2 Å². The predicted molar refractivity (Wildman–Crippen MR) is 93.2 cm³/mol. The molecule has 1 atom stereocenters. The second-order valence-electron chi connectivity index (χ2n) is 5.75. The van der Waals surface area contributed by atoms with Crippen molar-refractivity contribution in [3.63, 3.8) is 0 Å². The smallest absolute Gasteiger partial charge is 0.222 e. The number of nitrogens with zero attached hydrogens (tertiary/aromatic N) is 3. The molecular weight excluding hydrogens is 349 g/mol. The molecule has 7 heteroatoms. The molecular formula is C17H19Cl2N3O2. The molecule has 1 aromatic carbocycles. The number of ether oxygens (including phenoxy) is 1. The Bertz CT molecular complexity index is 691. The van der Waals surface area contributed by atoms with Gasteiger partial charge in [-0.2, -0.15) is 5.10 Å². The van der Waals surface area contributed by atoms with Crippen LogP contribution < -0.4 is 0 Å². The molecule has 0 spiro atoms. The van der Waals surface area contributed by atoms with Crippen LogP contribution in [0.15, 0.2) is 36.7 Å². The van der Waals surface area contributed by atoms with E-state index in [9.17, 15) is 4.79 Å². The Hall–Kier alpha value is -1.56. The molecule has 5 nitrogen and oxygen atoms in total. The zero-order valence-corrected chi connectivity index (χ0v) is 14.7. The maximum Gasteiger partial charge on any atom is 0.222 e. The first-order valence-corrected chi connectivity index (χ1v) is 8.71. The molecule has 2 heterocycles. The molecule has 1 saturated heterocycles. The lowest BCUT2D eigenvalue weighted by atomic mass is 10.1. The summed E-state index contributed by atoms with van der Waals surface area (Å²) in [6, 6.07) is 7.34. The van der Waals surface area contributed by atoms with Crippen LogP contribution >= 0.6 is 23.2 Å². The molecule has 128 valence electrons. The number of aromatic nitrogens is 2. The van der Waals surface area contributed by atoms with Gasteiger partial charge in [0.05, 0.1) is 23.2 Å². The minimum atomic E-state index is -0.163. The lowest BCUT2D eigenvalue weighted by molar-refractivity contribution is -0.139. The van der Waals surface area contributed by atoms with Crippen molar-refractivity contribution in [3.8, 4) is 0 Å². The summed E-state index contributed by atoms with van der Waals surface area (Å²) in [5, 5.41) is 5.16. The molecule has 1 fully saturated rings. The molecule has 1 aliphatic heterocycles. The monoisotopic (exact) mass is 367 g/mol. The third-order valence-corrected chi connectivity index (χ3v) is 4.81. The Morgan fingerprint density at radius 1 is 1.33 bits per heavy atom. The Kier molecular flexibility index (Phi) is 5.76. The van der Waals surface area contributed by atoms with Gasteiger partial charge < -0.3 is 9.64 Å². The Balaban J connectivity index is 1.54. The maximum absolute atomic E-state index is 12.4. The molecule has 1 amide bonds. The van der Waals surface area contributed by atoms with Gasteiger partial charge in [0.2, 0.25) is 5.91 Å². The summed E-state index contributed by atoms with van der Waals surface area (Å²) >= 11 is 12.0. The van der Waals surface area contributed by atoms with Gasteiger partial charge in [-0.3, -0.25) is 9.48 Å². The van der Waals surface area contributed by atoms with Gasteiger partial charge in [0, 0.05) is 31.9 Å². The molecule has 0 N–H and O–H groups in total. The van der Waals surface area contributed by atoms with Crippen molar-refractivity contribution in [2.24, 2.45) is 0 Å². The second kappa shape index (κ2) is 8.01. The molecule has 1 aliphatic rings. The third kappa shape index (κ3) is 4.29. The van der Waals surface area contributed by atoms with E-state index in [4.69, 9.17) is 27.9 Å². The molecule has 1 unspecified atom stereocenters. The molecule has 1 aromatic heterocycles. The summed E-state index contributed by atoms with van der Waals surface area (Å²) in [7, 11) is 0. The minimum absolute atomic E-state index is 0.149. The summed E-state index contributed by atoms with van der Waals surface area (Å²) < 4.78 is 7.63. The first-order valence-electron chi connectivity index (χ1n) is 7.95. The summed E-state index contributed by atoms with van der Waals surface area (Å²) in [6.07, 6.45) is 4.76. The summed E-state index contributed by atoms with van der Waals surface area (Å²) in [4.78, 5) is 14.3. The van der Waals surface area contributed by atoms with E-state index in [1.165, 1.54) is 0 Å². The average Bonchev–Trinajstić information content (AvgIpc) is 3.11. The number of rotatable bonds is 5. The van der Waals surface area contributed by atoms with Gasteiger partial charge >= 0.3 is 0 Å². The topological polar surface area (TPSA) is 47.4 Å². The van der Waals surface area contributed by atoms with Crippen LogP contribution in [-0.4, -0.2) is 40.3 Å². The summed E-state index contributed by atoms with van der Waals surface area (Å²) in [5.74, 6) is 0.149. The zero-order valence-electron chi connectivity index (χ0n) is 13.2. The third-order valence-electron chi connectivity index (χ3n) is 4.07. The highest BCUT2D eigenvalue weighted by Crippen LogP contribution is 2.29. The SMILES string of the molecule is O=C(CCCn1cccn1)N1CCOC(c2ccc(Cl)c(Cl)c2)C1. The highest BCUT2D eigenvalue weighted by molar-refractivity contribution is 6.42. The minimum Gasteiger partial charge on any atom is -0.370 e. The number of halogens is 2. The largest absolute Gasteiger partial charge is 0.370 e. The van der Waals surface area contributed by atoms with Crippen molar-refractivity contribution in [2.45, 2.75) is 25.5 Å². The van der Waals surface area contributed by atoms with Crippen LogP contribution in [0, 0.1) is 0 Å². The first-order chi connectivity index (χ1) is 11.6. The van der Waals surface area contributed by atoms with Crippen molar-refractivity contribution in [1.29, 1.82) is 0 Å². The van der Waals surface area contributed by atoms with Crippen molar-refractivity contribution >= 4 is 29.1 Å². The van der Waals surface area contributed by atoms with Crippen LogP contribution in [0.5, 0.6) is 0 Å². The van der Waals surface area contributed by atoms with Crippen LogP contribution in [0.2, 0.25) is 10.0 Å². The number of morpholine rings is 1. The Labute approximate surface area is 151 Å². The van der Waals surface area contributed by atoms with Crippen LogP contribution in [0.3, 0.4) is 0 Å². The van der Waals surface area contributed by atoms with Crippen LogP contribution in [0.1, 0.15) is 24.5 Å². The number of hydrogen-bond donors (Lipinski definition) is 0. The van der Waals surface area contributed by atoms with Gasteiger partial charge in [-0.1, -0.05) is 29.3 Å². The van der Waals surface area contributed by atoms with Crippen molar-refractivity contribution in [2.75, 3.05) is 19.7 Å².